The Hall–Kier alpha value is -0.930. The van der Waals surface area contributed by atoms with Crippen LogP contribution in [0.15, 0.2) is 18.2 Å². The summed E-state index contributed by atoms with van der Waals surface area (Å²) in [6.45, 7) is 0. The highest BCUT2D eigenvalue weighted by atomic mass is 35.5. The Bertz CT molecular complexity index is 435. The summed E-state index contributed by atoms with van der Waals surface area (Å²) in [6.07, 6.45) is 2.82. The van der Waals surface area contributed by atoms with Crippen LogP contribution in [0.1, 0.15) is 24.8 Å². The molecule has 17 heavy (non-hydrogen) atoms. The van der Waals surface area contributed by atoms with Crippen molar-refractivity contribution in [2.45, 2.75) is 31.7 Å². The Morgan fingerprint density at radius 1 is 1.47 bits per heavy atom. The van der Waals surface area contributed by atoms with Gasteiger partial charge in [0.15, 0.2) is 0 Å². The molecule has 2 unspecified atom stereocenters. The summed E-state index contributed by atoms with van der Waals surface area (Å²) in [4.78, 5) is 12.0. The van der Waals surface area contributed by atoms with Crippen LogP contribution in [0.5, 0.6) is 0 Å². The predicted molar refractivity (Wildman–Crippen MR) is 65.4 cm³/mol. The molecule has 0 heterocycles. The van der Waals surface area contributed by atoms with Gasteiger partial charge >= 0.3 is 0 Å². The van der Waals surface area contributed by atoms with Crippen molar-refractivity contribution in [2.24, 2.45) is 11.7 Å². The van der Waals surface area contributed by atoms with E-state index in [-0.39, 0.29) is 24.2 Å². The van der Waals surface area contributed by atoms with E-state index in [2.05, 4.69) is 0 Å². The van der Waals surface area contributed by atoms with Crippen molar-refractivity contribution in [1.29, 1.82) is 0 Å². The average molecular weight is 256 g/mol. The molecule has 1 fully saturated rings. The zero-order chi connectivity index (χ0) is 12.4. The number of nitrogens with two attached hydrogens (primary N) is 1. The maximum absolute atomic E-state index is 13.5. The first-order valence-electron chi connectivity index (χ1n) is 5.80. The minimum absolute atomic E-state index is 0.0382. The van der Waals surface area contributed by atoms with Gasteiger partial charge < -0.3 is 5.73 Å². The molecule has 2 atom stereocenters. The molecule has 0 bridgehead atoms. The maximum atomic E-state index is 13.5. The van der Waals surface area contributed by atoms with Crippen molar-refractivity contribution >= 4 is 17.4 Å². The van der Waals surface area contributed by atoms with Crippen molar-refractivity contribution < 1.29 is 9.18 Å². The fraction of sp³-hybridized carbons (Fsp3) is 0.462. The number of halogens is 2. The second kappa shape index (κ2) is 5.15. The summed E-state index contributed by atoms with van der Waals surface area (Å²) in [5.74, 6) is -0.487. The van der Waals surface area contributed by atoms with Crippen molar-refractivity contribution in [1.82, 2.24) is 0 Å². The standard InChI is InChI=1S/C13H15ClFNO/c14-9-5-4-8(11(15)7-9)6-13(17)10-2-1-3-12(10)16/h4-5,7,10,12H,1-3,6,16H2. The fourth-order valence-corrected chi connectivity index (χ4v) is 2.53. The molecule has 4 heteroatoms. The lowest BCUT2D eigenvalue weighted by Crippen LogP contribution is -2.31. The van der Waals surface area contributed by atoms with E-state index in [9.17, 15) is 9.18 Å². The molecule has 1 aliphatic rings. The third-order valence-corrected chi connectivity index (χ3v) is 3.60. The van der Waals surface area contributed by atoms with Gasteiger partial charge in [-0.1, -0.05) is 24.1 Å². The fourth-order valence-electron chi connectivity index (χ4n) is 2.37. The Balaban J connectivity index is 2.07. The maximum Gasteiger partial charge on any atom is 0.141 e. The molecule has 92 valence electrons. The molecule has 2 N–H and O–H groups in total. The number of benzene rings is 1. The molecule has 2 rings (SSSR count). The van der Waals surface area contributed by atoms with Crippen LogP contribution in [-0.4, -0.2) is 11.8 Å². The number of hydrogen-bond donors (Lipinski definition) is 1. The summed E-state index contributed by atoms with van der Waals surface area (Å²) < 4.78 is 13.5. The first-order valence-corrected chi connectivity index (χ1v) is 6.18. The van der Waals surface area contributed by atoms with E-state index in [4.69, 9.17) is 17.3 Å². The van der Waals surface area contributed by atoms with Crippen molar-refractivity contribution in [3.05, 3.63) is 34.6 Å². The summed E-state index contributed by atoms with van der Waals surface area (Å²) in [5, 5.41) is 0.344. The quantitative estimate of drug-likeness (QED) is 0.903. The highest BCUT2D eigenvalue weighted by Crippen LogP contribution is 2.26. The molecule has 0 radical (unpaired) electrons. The Kier molecular flexibility index (Phi) is 3.79. The normalized spacial score (nSPS) is 23.9. The molecule has 0 saturated heterocycles. The zero-order valence-electron chi connectivity index (χ0n) is 9.46. The Morgan fingerprint density at radius 3 is 2.82 bits per heavy atom. The number of ketones is 1. The van der Waals surface area contributed by atoms with Crippen LogP contribution in [-0.2, 0) is 11.2 Å². The zero-order valence-corrected chi connectivity index (χ0v) is 10.2. The van der Waals surface area contributed by atoms with E-state index >= 15 is 0 Å². The second-order valence-corrected chi connectivity index (χ2v) is 5.02. The van der Waals surface area contributed by atoms with Gasteiger partial charge in [-0.2, -0.15) is 0 Å². The van der Waals surface area contributed by atoms with Crippen molar-refractivity contribution in [3.8, 4) is 0 Å². The van der Waals surface area contributed by atoms with Gasteiger partial charge in [0.05, 0.1) is 0 Å². The van der Waals surface area contributed by atoms with E-state index in [0.29, 0.717) is 10.6 Å². The summed E-state index contributed by atoms with van der Waals surface area (Å²) in [6, 6.07) is 4.34. The molecule has 2 nitrogen and oxygen atoms in total. The van der Waals surface area contributed by atoms with Gasteiger partial charge in [-0.25, -0.2) is 4.39 Å². The van der Waals surface area contributed by atoms with E-state index in [1.807, 2.05) is 0 Å². The predicted octanol–water partition coefficient (Wildman–Crippen LogP) is 2.72. The smallest absolute Gasteiger partial charge is 0.141 e. The molecule has 1 aromatic carbocycles. The van der Waals surface area contributed by atoms with Crippen LogP contribution in [0.2, 0.25) is 5.02 Å². The minimum Gasteiger partial charge on any atom is -0.327 e. The SMILES string of the molecule is NC1CCCC1C(=O)Cc1ccc(Cl)cc1F. The summed E-state index contributed by atoms with van der Waals surface area (Å²) in [7, 11) is 0. The second-order valence-electron chi connectivity index (χ2n) is 4.58. The van der Waals surface area contributed by atoms with E-state index < -0.39 is 5.82 Å². The summed E-state index contributed by atoms with van der Waals surface area (Å²) >= 11 is 5.66. The number of Topliss-reactive ketones (excluding diaryl/α,β-unsaturated/α-hetero) is 1. The lowest BCUT2D eigenvalue weighted by Gasteiger charge is -2.14. The molecule has 0 spiro atoms. The van der Waals surface area contributed by atoms with Crippen LogP contribution >= 0.6 is 11.6 Å². The van der Waals surface area contributed by atoms with Crippen LogP contribution in [0.25, 0.3) is 0 Å². The van der Waals surface area contributed by atoms with Crippen LogP contribution in [0, 0.1) is 11.7 Å². The van der Waals surface area contributed by atoms with E-state index in [0.717, 1.165) is 19.3 Å². The highest BCUT2D eigenvalue weighted by Gasteiger charge is 2.30. The molecular weight excluding hydrogens is 241 g/mol. The van der Waals surface area contributed by atoms with E-state index in [1.54, 1.807) is 12.1 Å². The third-order valence-electron chi connectivity index (χ3n) is 3.36. The van der Waals surface area contributed by atoms with E-state index in [1.165, 1.54) is 6.07 Å². The third kappa shape index (κ3) is 2.85. The van der Waals surface area contributed by atoms with Gasteiger partial charge in [0, 0.05) is 23.4 Å². The minimum atomic E-state index is -0.419. The first kappa shape index (κ1) is 12.5. The van der Waals surface area contributed by atoms with Gasteiger partial charge in [-0.05, 0) is 30.5 Å². The largest absolute Gasteiger partial charge is 0.327 e. The average Bonchev–Trinajstić information content (AvgIpc) is 2.68. The highest BCUT2D eigenvalue weighted by molar-refractivity contribution is 6.30. The molecule has 0 aromatic heterocycles. The topological polar surface area (TPSA) is 43.1 Å². The molecule has 0 aliphatic heterocycles. The molecule has 1 saturated carbocycles. The molecule has 0 amide bonds. The number of hydrogen-bond acceptors (Lipinski definition) is 2. The lowest BCUT2D eigenvalue weighted by atomic mass is 9.94. The van der Waals surface area contributed by atoms with Gasteiger partial charge in [0.2, 0.25) is 0 Å². The van der Waals surface area contributed by atoms with Gasteiger partial charge in [0.25, 0.3) is 0 Å². The molecular formula is C13H15ClFNO. The number of carbonyl (C=O) groups excluding carboxylic acids is 1. The summed E-state index contributed by atoms with van der Waals surface area (Å²) in [5.41, 5.74) is 6.26. The monoisotopic (exact) mass is 255 g/mol. The van der Waals surface area contributed by atoms with Gasteiger partial charge in [0.1, 0.15) is 11.6 Å². The number of carbonyl (C=O) groups is 1. The van der Waals surface area contributed by atoms with Crippen molar-refractivity contribution in [3.63, 3.8) is 0 Å². The Labute approximate surface area is 105 Å². The number of rotatable bonds is 3. The van der Waals surface area contributed by atoms with Crippen LogP contribution in [0.3, 0.4) is 0 Å². The molecule has 1 aromatic rings. The van der Waals surface area contributed by atoms with Gasteiger partial charge in [-0.15, -0.1) is 0 Å². The van der Waals surface area contributed by atoms with Crippen molar-refractivity contribution in [2.75, 3.05) is 0 Å². The molecule has 1 aliphatic carbocycles. The Morgan fingerprint density at radius 2 is 2.24 bits per heavy atom. The van der Waals surface area contributed by atoms with Crippen LogP contribution < -0.4 is 5.73 Å². The first-order chi connectivity index (χ1) is 8.08. The van der Waals surface area contributed by atoms with Gasteiger partial charge in [-0.3, -0.25) is 4.79 Å². The lowest BCUT2D eigenvalue weighted by molar-refractivity contribution is -0.122. The van der Waals surface area contributed by atoms with Crippen LogP contribution in [0.4, 0.5) is 4.39 Å².